The van der Waals surface area contributed by atoms with Crippen LogP contribution in [0.3, 0.4) is 0 Å². The van der Waals surface area contributed by atoms with E-state index in [0.29, 0.717) is 18.7 Å². The fourth-order valence-electron chi connectivity index (χ4n) is 4.56. The highest BCUT2D eigenvalue weighted by Gasteiger charge is 2.31. The highest BCUT2D eigenvalue weighted by atomic mass is 32.2. The van der Waals surface area contributed by atoms with Crippen molar-refractivity contribution in [1.82, 2.24) is 10.2 Å². The Labute approximate surface area is 209 Å². The van der Waals surface area contributed by atoms with Crippen LogP contribution in [-0.4, -0.2) is 56.6 Å². The Morgan fingerprint density at radius 2 is 1.69 bits per heavy atom. The van der Waals surface area contributed by atoms with Gasteiger partial charge in [0.05, 0.1) is 11.9 Å². The molecule has 0 spiro atoms. The summed E-state index contributed by atoms with van der Waals surface area (Å²) >= 11 is 0. The van der Waals surface area contributed by atoms with Crippen molar-refractivity contribution in [2.24, 2.45) is 0 Å². The van der Waals surface area contributed by atoms with Crippen LogP contribution in [0.5, 0.6) is 0 Å². The molecule has 0 aliphatic heterocycles. The molecule has 1 atom stereocenters. The van der Waals surface area contributed by atoms with Crippen LogP contribution in [-0.2, 0) is 26.0 Å². The molecule has 0 bridgehead atoms. The van der Waals surface area contributed by atoms with E-state index in [2.05, 4.69) is 5.32 Å². The minimum absolute atomic E-state index is 0.137. The number of rotatable bonds is 10. The second-order valence-electron chi connectivity index (χ2n) is 9.48. The van der Waals surface area contributed by atoms with Gasteiger partial charge in [0.15, 0.2) is 0 Å². The zero-order chi connectivity index (χ0) is 25.6. The van der Waals surface area contributed by atoms with Gasteiger partial charge in [-0.25, -0.2) is 8.42 Å². The summed E-state index contributed by atoms with van der Waals surface area (Å²) in [5.74, 6) is -0.600. The molecule has 0 heterocycles. The number of benzene rings is 2. The van der Waals surface area contributed by atoms with Crippen molar-refractivity contribution in [2.45, 2.75) is 65.0 Å². The lowest BCUT2D eigenvalue weighted by Crippen LogP contribution is -2.53. The molecule has 1 aliphatic carbocycles. The first-order valence-corrected chi connectivity index (χ1v) is 14.1. The fraction of sp³-hybridized carbons (Fsp3) is 0.481. The van der Waals surface area contributed by atoms with Crippen molar-refractivity contribution in [2.75, 3.05) is 23.7 Å². The van der Waals surface area contributed by atoms with E-state index in [1.807, 2.05) is 50.2 Å². The highest BCUT2D eigenvalue weighted by Crippen LogP contribution is 2.25. The zero-order valence-electron chi connectivity index (χ0n) is 21.2. The number of aryl methyl sites for hydroxylation is 1. The Bertz CT molecular complexity index is 1130. The fourth-order valence-corrected chi connectivity index (χ4v) is 5.46. The summed E-state index contributed by atoms with van der Waals surface area (Å²) in [4.78, 5) is 28.2. The smallest absolute Gasteiger partial charge is 0.244 e. The van der Waals surface area contributed by atoms with Gasteiger partial charge in [0.1, 0.15) is 12.6 Å². The zero-order valence-corrected chi connectivity index (χ0v) is 22.0. The van der Waals surface area contributed by atoms with Gasteiger partial charge in [-0.3, -0.25) is 13.9 Å². The van der Waals surface area contributed by atoms with Crippen LogP contribution in [0.25, 0.3) is 0 Å². The van der Waals surface area contributed by atoms with Crippen LogP contribution in [0, 0.1) is 13.8 Å². The first-order valence-electron chi connectivity index (χ1n) is 12.3. The number of amides is 2. The summed E-state index contributed by atoms with van der Waals surface area (Å²) in [6, 6.07) is 14.6. The third-order valence-corrected chi connectivity index (χ3v) is 8.00. The number of carbonyl (C=O) groups excluding carboxylic acids is 2. The number of sulfonamides is 1. The molecule has 0 unspecified atom stereocenters. The third kappa shape index (κ3) is 7.07. The normalized spacial score (nSPS) is 15.0. The molecule has 2 amide bonds. The number of anilines is 1. The Balaban J connectivity index is 1.85. The summed E-state index contributed by atoms with van der Waals surface area (Å²) < 4.78 is 26.6. The molecule has 35 heavy (non-hydrogen) atoms. The molecule has 1 N–H and O–H groups in total. The number of nitrogens with zero attached hydrogens (tertiary/aromatic N) is 2. The molecule has 1 fully saturated rings. The lowest BCUT2D eigenvalue weighted by Gasteiger charge is -2.32. The van der Waals surface area contributed by atoms with Crippen molar-refractivity contribution >= 4 is 27.5 Å². The van der Waals surface area contributed by atoms with Crippen molar-refractivity contribution in [3.8, 4) is 0 Å². The quantitative estimate of drug-likeness (QED) is 0.541. The van der Waals surface area contributed by atoms with Gasteiger partial charge < -0.3 is 10.2 Å². The van der Waals surface area contributed by atoms with Gasteiger partial charge in [0, 0.05) is 12.6 Å². The molecule has 8 heteroatoms. The second kappa shape index (κ2) is 11.7. The minimum atomic E-state index is -3.73. The SMILES string of the molecule is Cc1cccc(N(CC(=O)N(CCc2ccccc2)[C@@H](C)C(=O)NC2CCCC2)S(C)(=O)=O)c1C. The first kappa shape index (κ1) is 26.7. The summed E-state index contributed by atoms with van der Waals surface area (Å²) in [6.45, 7) is 5.42. The maximum absolute atomic E-state index is 13.6. The van der Waals surface area contributed by atoms with Gasteiger partial charge in [-0.1, -0.05) is 55.3 Å². The second-order valence-corrected chi connectivity index (χ2v) is 11.4. The molecule has 7 nitrogen and oxygen atoms in total. The van der Waals surface area contributed by atoms with E-state index in [-0.39, 0.29) is 18.5 Å². The standard InChI is InChI=1S/C27H37N3O4S/c1-20-11-10-16-25(21(20)2)30(35(4,33)34)19-26(31)29(18-17-23-12-6-5-7-13-23)22(3)27(32)28-24-14-8-9-15-24/h5-7,10-13,16,22,24H,8-9,14-15,17-19H2,1-4H3,(H,28,32)/t22-/m0/s1. The molecule has 3 rings (SSSR count). The predicted molar refractivity (Wildman–Crippen MR) is 140 cm³/mol. The molecule has 2 aromatic rings. The van der Waals surface area contributed by atoms with E-state index in [9.17, 15) is 18.0 Å². The molecule has 0 radical (unpaired) electrons. The summed E-state index contributed by atoms with van der Waals surface area (Å²) in [7, 11) is -3.73. The molecule has 1 saturated carbocycles. The molecule has 2 aromatic carbocycles. The van der Waals surface area contributed by atoms with Gasteiger partial charge in [-0.2, -0.15) is 0 Å². The number of nitrogens with one attached hydrogen (secondary N) is 1. The largest absolute Gasteiger partial charge is 0.352 e. The number of carbonyl (C=O) groups is 2. The third-order valence-electron chi connectivity index (χ3n) is 6.88. The molecular formula is C27H37N3O4S. The molecule has 0 aromatic heterocycles. The van der Waals surface area contributed by atoms with Crippen molar-refractivity contribution < 1.29 is 18.0 Å². The van der Waals surface area contributed by atoms with Crippen LogP contribution in [0.2, 0.25) is 0 Å². The average Bonchev–Trinajstić information content (AvgIpc) is 3.32. The molecule has 1 aliphatic rings. The topological polar surface area (TPSA) is 86.8 Å². The Kier molecular flexibility index (Phi) is 8.94. The van der Waals surface area contributed by atoms with E-state index in [1.165, 1.54) is 4.90 Å². The van der Waals surface area contributed by atoms with E-state index in [4.69, 9.17) is 0 Å². The molecule has 0 saturated heterocycles. The lowest BCUT2D eigenvalue weighted by molar-refractivity contribution is -0.139. The van der Waals surface area contributed by atoms with E-state index in [0.717, 1.165) is 52.9 Å². The van der Waals surface area contributed by atoms with Crippen LogP contribution in [0.15, 0.2) is 48.5 Å². The van der Waals surface area contributed by atoms with E-state index < -0.39 is 22.0 Å². The summed E-state index contributed by atoms with van der Waals surface area (Å²) in [5.41, 5.74) is 3.26. The van der Waals surface area contributed by atoms with Crippen LogP contribution >= 0.6 is 0 Å². The van der Waals surface area contributed by atoms with Gasteiger partial charge in [0.25, 0.3) is 0 Å². The molecule has 190 valence electrons. The summed E-state index contributed by atoms with van der Waals surface area (Å²) in [5, 5.41) is 3.08. The van der Waals surface area contributed by atoms with Crippen LogP contribution < -0.4 is 9.62 Å². The van der Waals surface area contributed by atoms with Crippen molar-refractivity contribution in [3.63, 3.8) is 0 Å². The van der Waals surface area contributed by atoms with E-state index in [1.54, 1.807) is 19.1 Å². The maximum atomic E-state index is 13.6. The van der Waals surface area contributed by atoms with Gasteiger partial charge in [-0.05, 0) is 62.8 Å². The highest BCUT2D eigenvalue weighted by molar-refractivity contribution is 7.92. The average molecular weight is 500 g/mol. The Morgan fingerprint density at radius 3 is 2.31 bits per heavy atom. The van der Waals surface area contributed by atoms with Gasteiger partial charge in [-0.15, -0.1) is 0 Å². The number of hydrogen-bond donors (Lipinski definition) is 1. The first-order chi connectivity index (χ1) is 16.6. The Morgan fingerprint density at radius 1 is 1.03 bits per heavy atom. The van der Waals surface area contributed by atoms with Crippen molar-refractivity contribution in [3.05, 3.63) is 65.2 Å². The van der Waals surface area contributed by atoms with Crippen LogP contribution in [0.4, 0.5) is 5.69 Å². The summed E-state index contributed by atoms with van der Waals surface area (Å²) in [6.07, 6.45) is 5.75. The lowest BCUT2D eigenvalue weighted by atomic mass is 10.1. The minimum Gasteiger partial charge on any atom is -0.352 e. The van der Waals surface area contributed by atoms with Gasteiger partial charge in [0.2, 0.25) is 21.8 Å². The monoisotopic (exact) mass is 499 g/mol. The van der Waals surface area contributed by atoms with E-state index >= 15 is 0 Å². The maximum Gasteiger partial charge on any atom is 0.244 e. The number of hydrogen-bond acceptors (Lipinski definition) is 4. The van der Waals surface area contributed by atoms with Crippen molar-refractivity contribution in [1.29, 1.82) is 0 Å². The van der Waals surface area contributed by atoms with Crippen LogP contribution in [0.1, 0.15) is 49.3 Å². The Hall–Kier alpha value is -2.87. The predicted octanol–water partition coefficient (Wildman–Crippen LogP) is 3.59. The molecular weight excluding hydrogens is 462 g/mol. The van der Waals surface area contributed by atoms with Gasteiger partial charge >= 0.3 is 0 Å².